The largest absolute Gasteiger partial charge is 0.497 e. The fourth-order valence-electron chi connectivity index (χ4n) is 2.26. The fourth-order valence-corrected chi connectivity index (χ4v) is 2.26. The number of rotatable bonds is 5. The van der Waals surface area contributed by atoms with Gasteiger partial charge in [0.1, 0.15) is 40.5 Å². The number of aryl methyl sites for hydroxylation is 1. The average Bonchev–Trinajstić information content (AvgIpc) is 2.58. The standard InChI is InChI=1S/C18H16F2N4O/c1-11-21-16(23-12-6-8-13(25-2)9-7-12)10-17(22-11)24-18-14(19)4-3-5-15(18)20/h3-10H,1-2H3,(H2,21,22,23,24). The lowest BCUT2D eigenvalue weighted by atomic mass is 10.3. The second kappa shape index (κ2) is 7.12. The zero-order chi connectivity index (χ0) is 17.8. The molecule has 5 nitrogen and oxygen atoms in total. The van der Waals surface area contributed by atoms with Crippen LogP contribution in [-0.4, -0.2) is 17.1 Å². The number of nitrogens with zero attached hydrogens (tertiary/aromatic N) is 2. The zero-order valence-corrected chi connectivity index (χ0v) is 13.7. The maximum Gasteiger partial charge on any atom is 0.149 e. The molecule has 2 N–H and O–H groups in total. The monoisotopic (exact) mass is 342 g/mol. The van der Waals surface area contributed by atoms with Crippen LogP contribution in [0.25, 0.3) is 0 Å². The van der Waals surface area contributed by atoms with E-state index < -0.39 is 11.6 Å². The number of ether oxygens (including phenoxy) is 1. The Balaban J connectivity index is 1.85. The van der Waals surface area contributed by atoms with Crippen molar-refractivity contribution in [3.05, 3.63) is 66.0 Å². The summed E-state index contributed by atoms with van der Waals surface area (Å²) in [5, 5.41) is 5.78. The van der Waals surface area contributed by atoms with E-state index in [4.69, 9.17) is 4.74 Å². The molecule has 0 saturated heterocycles. The van der Waals surface area contributed by atoms with Crippen LogP contribution in [-0.2, 0) is 0 Å². The minimum Gasteiger partial charge on any atom is -0.497 e. The zero-order valence-electron chi connectivity index (χ0n) is 13.7. The molecule has 0 radical (unpaired) electrons. The van der Waals surface area contributed by atoms with Gasteiger partial charge in [0, 0.05) is 11.8 Å². The molecule has 0 unspecified atom stereocenters. The van der Waals surface area contributed by atoms with Crippen molar-refractivity contribution in [3.63, 3.8) is 0 Å². The first-order valence-electron chi connectivity index (χ1n) is 7.53. The summed E-state index contributed by atoms with van der Waals surface area (Å²) in [5.74, 6) is 0.589. The predicted molar refractivity (Wildman–Crippen MR) is 92.7 cm³/mol. The predicted octanol–water partition coefficient (Wildman–Crippen LogP) is 4.56. The maximum atomic E-state index is 13.8. The Morgan fingerprint density at radius 2 is 1.48 bits per heavy atom. The topological polar surface area (TPSA) is 59.1 Å². The highest BCUT2D eigenvalue weighted by Crippen LogP contribution is 2.25. The van der Waals surface area contributed by atoms with Gasteiger partial charge in [-0.05, 0) is 43.3 Å². The third kappa shape index (κ3) is 4.00. The summed E-state index contributed by atoms with van der Waals surface area (Å²) in [7, 11) is 1.59. The third-order valence-electron chi connectivity index (χ3n) is 3.42. The smallest absolute Gasteiger partial charge is 0.149 e. The number of hydrogen-bond acceptors (Lipinski definition) is 5. The molecule has 3 aromatic rings. The Bertz CT molecular complexity index is 864. The molecule has 1 aromatic heterocycles. The Morgan fingerprint density at radius 1 is 0.880 bits per heavy atom. The summed E-state index contributed by atoms with van der Waals surface area (Å²) in [6.45, 7) is 1.70. The summed E-state index contributed by atoms with van der Waals surface area (Å²) in [4.78, 5) is 8.44. The number of halogens is 2. The first-order chi connectivity index (χ1) is 12.0. The van der Waals surface area contributed by atoms with Gasteiger partial charge >= 0.3 is 0 Å². The number of anilines is 4. The first kappa shape index (κ1) is 16.6. The average molecular weight is 342 g/mol. The number of methoxy groups -OCH3 is 1. The molecular formula is C18H16F2N4O. The molecule has 3 rings (SSSR count). The molecule has 0 spiro atoms. The summed E-state index contributed by atoms with van der Waals surface area (Å²) in [6.07, 6.45) is 0. The minimum atomic E-state index is -0.694. The highest BCUT2D eigenvalue weighted by molar-refractivity contribution is 5.64. The molecule has 0 atom stereocenters. The lowest BCUT2D eigenvalue weighted by Crippen LogP contribution is -2.03. The maximum absolute atomic E-state index is 13.8. The van der Waals surface area contributed by atoms with Crippen LogP contribution in [0.1, 0.15) is 5.82 Å². The van der Waals surface area contributed by atoms with E-state index in [9.17, 15) is 8.78 Å². The van der Waals surface area contributed by atoms with Crippen molar-refractivity contribution in [3.8, 4) is 5.75 Å². The normalized spacial score (nSPS) is 10.4. The molecule has 0 aliphatic heterocycles. The van der Waals surface area contributed by atoms with Gasteiger partial charge in [0.15, 0.2) is 0 Å². The summed E-state index contributed by atoms with van der Waals surface area (Å²) >= 11 is 0. The Hall–Kier alpha value is -3.22. The van der Waals surface area contributed by atoms with Gasteiger partial charge in [-0.2, -0.15) is 0 Å². The second-order valence-corrected chi connectivity index (χ2v) is 5.26. The van der Waals surface area contributed by atoms with E-state index in [0.29, 0.717) is 11.6 Å². The molecule has 7 heteroatoms. The molecule has 2 aromatic carbocycles. The van der Waals surface area contributed by atoms with Gasteiger partial charge in [0.05, 0.1) is 7.11 Å². The minimum absolute atomic E-state index is 0.254. The van der Waals surface area contributed by atoms with Crippen LogP contribution in [0, 0.1) is 18.6 Å². The van der Waals surface area contributed by atoms with E-state index in [0.717, 1.165) is 11.4 Å². The number of aromatic nitrogens is 2. The van der Waals surface area contributed by atoms with E-state index in [1.165, 1.54) is 18.2 Å². The van der Waals surface area contributed by atoms with Crippen molar-refractivity contribution < 1.29 is 13.5 Å². The highest BCUT2D eigenvalue weighted by Gasteiger charge is 2.10. The molecule has 0 aliphatic rings. The van der Waals surface area contributed by atoms with Crippen molar-refractivity contribution >= 4 is 23.0 Å². The Labute approximate surface area is 143 Å². The highest BCUT2D eigenvalue weighted by atomic mass is 19.1. The van der Waals surface area contributed by atoms with E-state index in [1.54, 1.807) is 20.1 Å². The molecule has 0 saturated carbocycles. The van der Waals surface area contributed by atoms with Crippen LogP contribution in [0.5, 0.6) is 5.75 Å². The summed E-state index contributed by atoms with van der Waals surface area (Å²) in [5.41, 5.74) is 0.540. The first-order valence-corrected chi connectivity index (χ1v) is 7.53. The van der Waals surface area contributed by atoms with Crippen LogP contribution in [0.3, 0.4) is 0 Å². The lowest BCUT2D eigenvalue weighted by molar-refractivity contribution is 0.415. The molecular weight excluding hydrogens is 326 g/mol. The van der Waals surface area contributed by atoms with Crippen molar-refractivity contribution in [1.29, 1.82) is 0 Å². The molecule has 25 heavy (non-hydrogen) atoms. The number of benzene rings is 2. The van der Waals surface area contributed by atoms with E-state index in [2.05, 4.69) is 20.6 Å². The summed E-state index contributed by atoms with van der Waals surface area (Å²) < 4.78 is 32.7. The van der Waals surface area contributed by atoms with Crippen LogP contribution in [0.4, 0.5) is 31.8 Å². The number of nitrogens with one attached hydrogen (secondary N) is 2. The molecule has 0 amide bonds. The van der Waals surface area contributed by atoms with Crippen molar-refractivity contribution in [1.82, 2.24) is 9.97 Å². The van der Waals surface area contributed by atoms with Crippen molar-refractivity contribution in [2.45, 2.75) is 6.92 Å². The van der Waals surface area contributed by atoms with Crippen LogP contribution >= 0.6 is 0 Å². The van der Waals surface area contributed by atoms with Gasteiger partial charge in [-0.25, -0.2) is 18.7 Å². The van der Waals surface area contributed by atoms with Gasteiger partial charge in [-0.15, -0.1) is 0 Å². The van der Waals surface area contributed by atoms with E-state index >= 15 is 0 Å². The second-order valence-electron chi connectivity index (χ2n) is 5.26. The van der Waals surface area contributed by atoms with Crippen molar-refractivity contribution in [2.75, 3.05) is 17.7 Å². The van der Waals surface area contributed by atoms with E-state index in [1.807, 2.05) is 24.3 Å². The van der Waals surface area contributed by atoms with Crippen LogP contribution < -0.4 is 15.4 Å². The quantitative estimate of drug-likeness (QED) is 0.712. The van der Waals surface area contributed by atoms with Crippen LogP contribution in [0.2, 0.25) is 0 Å². The molecule has 128 valence electrons. The van der Waals surface area contributed by atoms with Gasteiger partial charge in [0.2, 0.25) is 0 Å². The number of para-hydroxylation sites is 1. The molecule has 1 heterocycles. The van der Waals surface area contributed by atoms with E-state index in [-0.39, 0.29) is 11.5 Å². The van der Waals surface area contributed by atoms with Crippen molar-refractivity contribution in [2.24, 2.45) is 0 Å². The van der Waals surface area contributed by atoms with Gasteiger partial charge in [0.25, 0.3) is 0 Å². The fraction of sp³-hybridized carbons (Fsp3) is 0.111. The molecule has 0 aliphatic carbocycles. The molecule has 0 bridgehead atoms. The SMILES string of the molecule is COc1ccc(Nc2cc(Nc3c(F)cccc3F)nc(C)n2)cc1. The Kier molecular flexibility index (Phi) is 4.74. The van der Waals surface area contributed by atoms with Gasteiger partial charge in [-0.3, -0.25) is 0 Å². The number of hydrogen-bond donors (Lipinski definition) is 2. The van der Waals surface area contributed by atoms with Crippen LogP contribution in [0.15, 0.2) is 48.5 Å². The Morgan fingerprint density at radius 3 is 2.08 bits per heavy atom. The lowest BCUT2D eigenvalue weighted by Gasteiger charge is -2.11. The summed E-state index contributed by atoms with van der Waals surface area (Å²) in [6, 6.07) is 12.5. The van der Waals surface area contributed by atoms with Gasteiger partial charge in [-0.1, -0.05) is 6.07 Å². The molecule has 0 fully saturated rings. The van der Waals surface area contributed by atoms with Gasteiger partial charge < -0.3 is 15.4 Å². The third-order valence-corrected chi connectivity index (χ3v) is 3.42.